The van der Waals surface area contributed by atoms with E-state index < -0.39 is 15.8 Å². The molecule has 78 valence electrons. The first-order chi connectivity index (χ1) is 6.51. The highest BCUT2D eigenvalue weighted by Gasteiger charge is 2.13. The lowest BCUT2D eigenvalue weighted by molar-refractivity contribution is 0.385. The van der Waals surface area contributed by atoms with E-state index in [4.69, 9.17) is 0 Å². The molecule has 0 amide bonds. The Bertz CT molecular complexity index is 430. The maximum atomic E-state index is 12.9. The standard InChI is InChI=1S/C8H10FNO3S/c1-10-14(11,12)6-3-4-7(9)8(5-6)13-2/h3-5,10H,1-2H3. The second-order valence-electron chi connectivity index (χ2n) is 2.50. The van der Waals surface area contributed by atoms with Gasteiger partial charge < -0.3 is 4.74 Å². The molecule has 0 aromatic heterocycles. The van der Waals surface area contributed by atoms with Crippen molar-refractivity contribution in [1.29, 1.82) is 0 Å². The van der Waals surface area contributed by atoms with Gasteiger partial charge in [0.1, 0.15) is 0 Å². The molecule has 14 heavy (non-hydrogen) atoms. The predicted molar refractivity (Wildman–Crippen MR) is 49.2 cm³/mol. The minimum atomic E-state index is -3.54. The highest BCUT2D eigenvalue weighted by Crippen LogP contribution is 2.20. The molecule has 0 bridgehead atoms. The van der Waals surface area contributed by atoms with Crippen molar-refractivity contribution in [2.45, 2.75) is 4.90 Å². The minimum Gasteiger partial charge on any atom is -0.494 e. The van der Waals surface area contributed by atoms with Gasteiger partial charge in [0, 0.05) is 6.07 Å². The zero-order chi connectivity index (χ0) is 10.8. The summed E-state index contributed by atoms with van der Waals surface area (Å²) in [6, 6.07) is 3.34. The Balaban J connectivity index is 3.26. The summed E-state index contributed by atoms with van der Waals surface area (Å²) in [6.07, 6.45) is 0. The predicted octanol–water partition coefficient (Wildman–Crippen LogP) is 0.742. The third-order valence-electron chi connectivity index (χ3n) is 1.70. The zero-order valence-electron chi connectivity index (χ0n) is 7.74. The molecule has 0 heterocycles. The Hall–Kier alpha value is -1.14. The third kappa shape index (κ3) is 2.02. The van der Waals surface area contributed by atoms with E-state index >= 15 is 0 Å². The minimum absolute atomic E-state index is 0.0294. The van der Waals surface area contributed by atoms with Crippen LogP contribution in [0.5, 0.6) is 5.75 Å². The summed E-state index contributed by atoms with van der Waals surface area (Å²) in [5.41, 5.74) is 0. The van der Waals surface area contributed by atoms with Crippen molar-refractivity contribution in [2.75, 3.05) is 14.2 Å². The van der Waals surface area contributed by atoms with Gasteiger partial charge >= 0.3 is 0 Å². The van der Waals surface area contributed by atoms with E-state index in [1.165, 1.54) is 20.2 Å². The first-order valence-electron chi connectivity index (χ1n) is 3.78. The first kappa shape index (κ1) is 10.9. The first-order valence-corrected chi connectivity index (χ1v) is 5.26. The number of ether oxygens (including phenoxy) is 1. The van der Waals surface area contributed by atoms with Crippen LogP contribution in [0.2, 0.25) is 0 Å². The van der Waals surface area contributed by atoms with Gasteiger partial charge in [-0.15, -0.1) is 0 Å². The van der Waals surface area contributed by atoms with E-state index in [2.05, 4.69) is 9.46 Å². The van der Waals surface area contributed by atoms with Crippen LogP contribution in [0.1, 0.15) is 0 Å². The quantitative estimate of drug-likeness (QED) is 0.815. The fourth-order valence-corrected chi connectivity index (χ4v) is 1.67. The molecule has 0 atom stereocenters. The Kier molecular flexibility index (Phi) is 3.07. The molecule has 0 saturated carbocycles. The Morgan fingerprint density at radius 1 is 1.43 bits per heavy atom. The number of hydrogen-bond donors (Lipinski definition) is 1. The van der Waals surface area contributed by atoms with Crippen LogP contribution < -0.4 is 9.46 Å². The lowest BCUT2D eigenvalue weighted by Gasteiger charge is -2.05. The second-order valence-corrected chi connectivity index (χ2v) is 4.39. The van der Waals surface area contributed by atoms with Crippen LogP contribution in [-0.4, -0.2) is 22.6 Å². The van der Waals surface area contributed by atoms with Gasteiger partial charge in [0.2, 0.25) is 10.0 Å². The molecule has 0 aliphatic heterocycles. The van der Waals surface area contributed by atoms with E-state index in [1.54, 1.807) is 0 Å². The van der Waals surface area contributed by atoms with Gasteiger partial charge in [-0.25, -0.2) is 17.5 Å². The number of hydrogen-bond acceptors (Lipinski definition) is 3. The van der Waals surface area contributed by atoms with Crippen molar-refractivity contribution in [3.8, 4) is 5.75 Å². The van der Waals surface area contributed by atoms with Gasteiger partial charge in [0.25, 0.3) is 0 Å². The molecule has 6 heteroatoms. The summed E-state index contributed by atoms with van der Waals surface area (Å²) in [5, 5.41) is 0. The maximum Gasteiger partial charge on any atom is 0.240 e. The number of halogens is 1. The van der Waals surface area contributed by atoms with Gasteiger partial charge in [-0.3, -0.25) is 0 Å². The van der Waals surface area contributed by atoms with E-state index in [0.717, 1.165) is 12.1 Å². The molecule has 0 fully saturated rings. The number of nitrogens with one attached hydrogen (secondary N) is 1. The van der Waals surface area contributed by atoms with Gasteiger partial charge in [-0.2, -0.15) is 0 Å². The summed E-state index contributed by atoms with van der Waals surface area (Å²) >= 11 is 0. The molecule has 0 radical (unpaired) electrons. The Morgan fingerprint density at radius 3 is 2.57 bits per heavy atom. The SMILES string of the molecule is CNS(=O)(=O)c1ccc(F)c(OC)c1. The van der Waals surface area contributed by atoms with Crippen molar-refractivity contribution >= 4 is 10.0 Å². The number of rotatable bonds is 3. The molecular weight excluding hydrogens is 209 g/mol. The van der Waals surface area contributed by atoms with Crippen molar-refractivity contribution < 1.29 is 17.5 Å². The summed E-state index contributed by atoms with van der Waals surface area (Å²) in [6.45, 7) is 0. The van der Waals surface area contributed by atoms with Crippen molar-refractivity contribution in [2.24, 2.45) is 0 Å². The van der Waals surface area contributed by atoms with Gasteiger partial charge in [0.05, 0.1) is 12.0 Å². The third-order valence-corrected chi connectivity index (χ3v) is 3.11. The highest BCUT2D eigenvalue weighted by molar-refractivity contribution is 7.89. The van der Waals surface area contributed by atoms with Gasteiger partial charge in [-0.05, 0) is 19.2 Å². The number of methoxy groups -OCH3 is 1. The smallest absolute Gasteiger partial charge is 0.240 e. The van der Waals surface area contributed by atoms with Crippen LogP contribution in [0.15, 0.2) is 23.1 Å². The molecule has 1 rings (SSSR count). The topological polar surface area (TPSA) is 55.4 Å². The fraction of sp³-hybridized carbons (Fsp3) is 0.250. The lowest BCUT2D eigenvalue weighted by atomic mass is 10.3. The van der Waals surface area contributed by atoms with Crippen LogP contribution >= 0.6 is 0 Å². The van der Waals surface area contributed by atoms with Crippen molar-refractivity contribution in [3.05, 3.63) is 24.0 Å². The average molecular weight is 219 g/mol. The van der Waals surface area contributed by atoms with Crippen LogP contribution in [0.3, 0.4) is 0 Å². The van der Waals surface area contributed by atoms with Crippen molar-refractivity contribution in [3.63, 3.8) is 0 Å². The Labute approximate surface area is 81.8 Å². The molecule has 0 saturated heterocycles. The largest absolute Gasteiger partial charge is 0.494 e. The van der Waals surface area contributed by atoms with E-state index in [0.29, 0.717) is 0 Å². The fourth-order valence-electron chi connectivity index (χ4n) is 0.925. The van der Waals surface area contributed by atoms with Crippen LogP contribution in [0.25, 0.3) is 0 Å². The lowest BCUT2D eigenvalue weighted by Crippen LogP contribution is -2.18. The summed E-state index contributed by atoms with van der Waals surface area (Å²) in [5.74, 6) is -0.691. The van der Waals surface area contributed by atoms with E-state index in [1.807, 2.05) is 0 Å². The molecular formula is C8H10FNO3S. The molecule has 4 nitrogen and oxygen atoms in total. The summed E-state index contributed by atoms with van der Waals surface area (Å²) < 4.78 is 42.3. The molecule has 0 aliphatic rings. The normalized spacial score (nSPS) is 11.4. The van der Waals surface area contributed by atoms with Crippen LogP contribution in [0.4, 0.5) is 4.39 Å². The molecule has 1 aromatic carbocycles. The zero-order valence-corrected chi connectivity index (χ0v) is 8.56. The van der Waals surface area contributed by atoms with Crippen LogP contribution in [0, 0.1) is 5.82 Å². The number of benzene rings is 1. The van der Waals surface area contributed by atoms with Gasteiger partial charge in [0.15, 0.2) is 11.6 Å². The Morgan fingerprint density at radius 2 is 2.07 bits per heavy atom. The van der Waals surface area contributed by atoms with Crippen LogP contribution in [-0.2, 0) is 10.0 Å². The molecule has 1 aromatic rings. The monoisotopic (exact) mass is 219 g/mol. The summed E-state index contributed by atoms with van der Waals surface area (Å²) in [7, 11) is -0.989. The average Bonchev–Trinajstić information content (AvgIpc) is 2.18. The highest BCUT2D eigenvalue weighted by atomic mass is 32.2. The number of sulfonamides is 1. The molecule has 1 N–H and O–H groups in total. The van der Waals surface area contributed by atoms with E-state index in [-0.39, 0.29) is 10.6 Å². The van der Waals surface area contributed by atoms with Crippen molar-refractivity contribution in [1.82, 2.24) is 4.72 Å². The van der Waals surface area contributed by atoms with E-state index in [9.17, 15) is 12.8 Å². The molecule has 0 aliphatic carbocycles. The maximum absolute atomic E-state index is 12.9. The second kappa shape index (κ2) is 3.93. The molecule has 0 unspecified atom stereocenters. The summed E-state index contributed by atoms with van der Waals surface area (Å²) in [4.78, 5) is -0.0294. The molecule has 0 spiro atoms. The van der Waals surface area contributed by atoms with Gasteiger partial charge in [-0.1, -0.05) is 0 Å².